The van der Waals surface area contributed by atoms with Gasteiger partial charge in [-0.1, -0.05) is 64.7 Å². The maximum Gasteiger partial charge on any atom is 0.120 e. The summed E-state index contributed by atoms with van der Waals surface area (Å²) in [4.78, 5) is 10.6. The van der Waals surface area contributed by atoms with E-state index >= 15 is 0 Å². The summed E-state index contributed by atoms with van der Waals surface area (Å²) in [6.07, 6.45) is 15.7. The normalized spacial score (nSPS) is 24.8. The summed E-state index contributed by atoms with van der Waals surface area (Å²) in [5.41, 5.74) is 0. The predicted molar refractivity (Wildman–Crippen MR) is 69.5 cm³/mol. The highest BCUT2D eigenvalue weighted by Crippen LogP contribution is 2.36. The lowest BCUT2D eigenvalue weighted by Crippen LogP contribution is -2.08. The second-order valence-electron chi connectivity index (χ2n) is 5.41. The minimum Gasteiger partial charge on any atom is -0.303 e. The third kappa shape index (κ3) is 5.14. The van der Waals surface area contributed by atoms with Crippen LogP contribution in [-0.4, -0.2) is 6.29 Å². The van der Waals surface area contributed by atoms with Crippen LogP contribution < -0.4 is 0 Å². The molecule has 1 fully saturated rings. The van der Waals surface area contributed by atoms with E-state index < -0.39 is 0 Å². The Kier molecular flexibility index (Phi) is 7.54. The van der Waals surface area contributed by atoms with Crippen molar-refractivity contribution < 1.29 is 4.79 Å². The van der Waals surface area contributed by atoms with E-state index in [9.17, 15) is 4.79 Å². The Balaban J connectivity index is 2.01. The number of carbonyl (C=O) groups is 1. The van der Waals surface area contributed by atoms with Gasteiger partial charge in [-0.2, -0.15) is 0 Å². The van der Waals surface area contributed by atoms with E-state index in [0.717, 1.165) is 24.5 Å². The van der Waals surface area contributed by atoms with Crippen molar-refractivity contribution in [1.82, 2.24) is 0 Å². The predicted octanol–water partition coefficient (Wildman–Crippen LogP) is 4.74. The van der Waals surface area contributed by atoms with E-state index in [2.05, 4.69) is 6.92 Å². The Morgan fingerprint density at radius 2 is 1.69 bits per heavy atom. The molecule has 0 aliphatic heterocycles. The van der Waals surface area contributed by atoms with Gasteiger partial charge in [0, 0.05) is 6.42 Å². The molecular weight excluding hydrogens is 196 g/mol. The third-order valence-corrected chi connectivity index (χ3v) is 4.14. The highest BCUT2D eigenvalue weighted by atomic mass is 16.1. The lowest BCUT2D eigenvalue weighted by atomic mass is 9.89. The van der Waals surface area contributed by atoms with Gasteiger partial charge in [0.2, 0.25) is 0 Å². The Labute approximate surface area is 101 Å². The Morgan fingerprint density at radius 3 is 2.44 bits per heavy atom. The first-order valence-electron chi connectivity index (χ1n) is 7.32. The van der Waals surface area contributed by atoms with E-state index in [-0.39, 0.29) is 0 Å². The van der Waals surface area contributed by atoms with Gasteiger partial charge in [-0.3, -0.25) is 0 Å². The van der Waals surface area contributed by atoms with Crippen LogP contribution in [0.4, 0.5) is 0 Å². The summed E-state index contributed by atoms with van der Waals surface area (Å²) in [6.45, 7) is 2.27. The molecule has 1 saturated carbocycles. The summed E-state index contributed by atoms with van der Waals surface area (Å²) in [5.74, 6) is 1.60. The highest BCUT2D eigenvalue weighted by Gasteiger charge is 2.25. The molecule has 0 amide bonds. The van der Waals surface area contributed by atoms with Crippen LogP contribution in [0.5, 0.6) is 0 Å². The van der Waals surface area contributed by atoms with Gasteiger partial charge in [0.25, 0.3) is 0 Å². The zero-order valence-electron chi connectivity index (χ0n) is 10.9. The van der Waals surface area contributed by atoms with Gasteiger partial charge in [-0.15, -0.1) is 0 Å². The van der Waals surface area contributed by atoms with Crippen LogP contribution in [0.25, 0.3) is 0 Å². The summed E-state index contributed by atoms with van der Waals surface area (Å²) in [7, 11) is 0. The van der Waals surface area contributed by atoms with Gasteiger partial charge in [0.1, 0.15) is 6.29 Å². The van der Waals surface area contributed by atoms with Gasteiger partial charge < -0.3 is 4.79 Å². The molecule has 0 heterocycles. The molecule has 2 atom stereocenters. The van der Waals surface area contributed by atoms with E-state index in [1.165, 1.54) is 64.2 Å². The van der Waals surface area contributed by atoms with Gasteiger partial charge >= 0.3 is 0 Å². The summed E-state index contributed by atoms with van der Waals surface area (Å²) < 4.78 is 0. The molecule has 1 aliphatic carbocycles. The SMILES string of the molecule is CCCCCCCC[C@@H]1CCC[C@H]1CC=O. The van der Waals surface area contributed by atoms with E-state index in [1.807, 2.05) is 0 Å². The van der Waals surface area contributed by atoms with Crippen LogP contribution in [0.3, 0.4) is 0 Å². The molecule has 94 valence electrons. The second-order valence-corrected chi connectivity index (χ2v) is 5.41. The fraction of sp³-hybridized carbons (Fsp3) is 0.933. The molecule has 0 spiro atoms. The minimum absolute atomic E-state index is 0.730. The topological polar surface area (TPSA) is 17.1 Å². The van der Waals surface area contributed by atoms with Gasteiger partial charge in [0.05, 0.1) is 0 Å². The van der Waals surface area contributed by atoms with Crippen LogP contribution in [-0.2, 0) is 4.79 Å². The van der Waals surface area contributed by atoms with Crippen LogP contribution in [0.15, 0.2) is 0 Å². The van der Waals surface area contributed by atoms with Crippen LogP contribution >= 0.6 is 0 Å². The molecule has 1 aliphatic rings. The maximum absolute atomic E-state index is 10.6. The van der Waals surface area contributed by atoms with Crippen molar-refractivity contribution in [2.24, 2.45) is 11.8 Å². The monoisotopic (exact) mass is 224 g/mol. The van der Waals surface area contributed by atoms with Crippen molar-refractivity contribution in [3.05, 3.63) is 0 Å². The Hall–Kier alpha value is -0.330. The Bertz CT molecular complexity index is 176. The first-order valence-corrected chi connectivity index (χ1v) is 7.32. The number of unbranched alkanes of at least 4 members (excludes halogenated alkanes) is 5. The average Bonchev–Trinajstić information content (AvgIpc) is 2.72. The Morgan fingerprint density at radius 1 is 1.00 bits per heavy atom. The summed E-state index contributed by atoms with van der Waals surface area (Å²) >= 11 is 0. The zero-order chi connectivity index (χ0) is 11.6. The van der Waals surface area contributed by atoms with Crippen LogP contribution in [0, 0.1) is 11.8 Å². The molecule has 1 nitrogen and oxygen atoms in total. The minimum atomic E-state index is 0.730. The van der Waals surface area contributed by atoms with Crippen LogP contribution in [0.1, 0.15) is 77.6 Å². The molecule has 0 bridgehead atoms. The zero-order valence-corrected chi connectivity index (χ0v) is 10.9. The fourth-order valence-electron chi connectivity index (χ4n) is 3.11. The quantitative estimate of drug-likeness (QED) is 0.408. The lowest BCUT2D eigenvalue weighted by molar-refractivity contribution is -0.108. The van der Waals surface area contributed by atoms with Gasteiger partial charge in [-0.25, -0.2) is 0 Å². The number of rotatable bonds is 9. The maximum atomic E-state index is 10.6. The van der Waals surface area contributed by atoms with Crippen molar-refractivity contribution >= 4 is 6.29 Å². The van der Waals surface area contributed by atoms with Crippen molar-refractivity contribution in [3.63, 3.8) is 0 Å². The van der Waals surface area contributed by atoms with Crippen molar-refractivity contribution in [1.29, 1.82) is 0 Å². The molecule has 0 unspecified atom stereocenters. The summed E-state index contributed by atoms with van der Waals surface area (Å²) in [5, 5.41) is 0. The number of carbonyl (C=O) groups excluding carboxylic acids is 1. The molecule has 1 heteroatoms. The second kappa shape index (κ2) is 8.78. The number of hydrogen-bond acceptors (Lipinski definition) is 1. The highest BCUT2D eigenvalue weighted by molar-refractivity contribution is 5.49. The van der Waals surface area contributed by atoms with Crippen molar-refractivity contribution in [2.75, 3.05) is 0 Å². The molecule has 0 aromatic carbocycles. The standard InChI is InChI=1S/C15H28O/c1-2-3-4-5-6-7-9-14-10-8-11-15(14)12-13-16/h13-15H,2-12H2,1H3/t14-,15+/m1/s1. The fourth-order valence-corrected chi connectivity index (χ4v) is 3.11. The largest absolute Gasteiger partial charge is 0.303 e. The molecule has 0 saturated heterocycles. The molecule has 0 aromatic rings. The first kappa shape index (κ1) is 13.7. The van der Waals surface area contributed by atoms with E-state index in [4.69, 9.17) is 0 Å². The van der Waals surface area contributed by atoms with Crippen molar-refractivity contribution in [2.45, 2.75) is 77.6 Å². The third-order valence-electron chi connectivity index (χ3n) is 4.14. The average molecular weight is 224 g/mol. The molecule has 0 aromatic heterocycles. The molecule has 1 rings (SSSR count). The molecule has 0 radical (unpaired) electrons. The lowest BCUT2D eigenvalue weighted by Gasteiger charge is -2.16. The van der Waals surface area contributed by atoms with Gasteiger partial charge in [0.15, 0.2) is 0 Å². The smallest absolute Gasteiger partial charge is 0.120 e. The molecule has 0 N–H and O–H groups in total. The van der Waals surface area contributed by atoms with Gasteiger partial charge in [-0.05, 0) is 18.3 Å². The number of hydrogen-bond donors (Lipinski definition) is 0. The van der Waals surface area contributed by atoms with E-state index in [1.54, 1.807) is 0 Å². The van der Waals surface area contributed by atoms with Crippen LogP contribution in [0.2, 0.25) is 0 Å². The molecular formula is C15H28O. The first-order chi connectivity index (χ1) is 7.88. The number of aldehydes is 1. The van der Waals surface area contributed by atoms with E-state index in [0.29, 0.717) is 0 Å². The summed E-state index contributed by atoms with van der Waals surface area (Å²) in [6, 6.07) is 0. The molecule has 16 heavy (non-hydrogen) atoms. The van der Waals surface area contributed by atoms with Crippen molar-refractivity contribution in [3.8, 4) is 0 Å².